The topological polar surface area (TPSA) is 59.6 Å². The van der Waals surface area contributed by atoms with Crippen LogP contribution in [0, 0.1) is 0 Å². The number of amides is 1. The Morgan fingerprint density at radius 3 is 2.80 bits per heavy atom. The number of aromatic nitrogens is 3. The average Bonchev–Trinajstić information content (AvgIpc) is 2.96. The van der Waals surface area contributed by atoms with Crippen LogP contribution in [0.2, 0.25) is 0 Å². The molecule has 0 N–H and O–H groups in total. The highest BCUT2D eigenvalue weighted by Gasteiger charge is 2.30. The van der Waals surface area contributed by atoms with Crippen molar-refractivity contribution in [3.8, 4) is 0 Å². The molecular formula is C19H20N4O2. The van der Waals surface area contributed by atoms with Gasteiger partial charge in [0, 0.05) is 17.9 Å². The molecule has 0 saturated carbocycles. The molecule has 6 heteroatoms. The van der Waals surface area contributed by atoms with E-state index in [1.54, 1.807) is 18.3 Å². The quantitative estimate of drug-likeness (QED) is 0.737. The first-order chi connectivity index (χ1) is 12.2. The minimum Gasteiger partial charge on any atom is -0.307 e. The number of carbonyl (C=O) groups excluding carboxylic acids is 1. The maximum Gasteiger partial charge on any atom is 0.350 e. The Morgan fingerprint density at radius 1 is 1.20 bits per heavy atom. The molecule has 6 nitrogen and oxygen atoms in total. The first-order valence-corrected chi connectivity index (χ1v) is 8.63. The lowest BCUT2D eigenvalue weighted by atomic mass is 9.94. The summed E-state index contributed by atoms with van der Waals surface area (Å²) in [6.07, 6.45) is 4.48. The van der Waals surface area contributed by atoms with Gasteiger partial charge in [0.05, 0.1) is 0 Å². The maximum atomic E-state index is 13.0. The Balaban J connectivity index is 1.69. The second kappa shape index (κ2) is 6.20. The van der Waals surface area contributed by atoms with Gasteiger partial charge in [0.1, 0.15) is 6.54 Å². The molecule has 0 saturated heterocycles. The molecule has 1 aliphatic rings. The van der Waals surface area contributed by atoms with Crippen LogP contribution in [0.3, 0.4) is 0 Å². The zero-order valence-electron chi connectivity index (χ0n) is 14.1. The maximum absolute atomic E-state index is 13.0. The molecule has 1 aliphatic heterocycles. The smallest absolute Gasteiger partial charge is 0.307 e. The number of hydrogen-bond donors (Lipinski definition) is 0. The van der Waals surface area contributed by atoms with Gasteiger partial charge in [-0.2, -0.15) is 0 Å². The molecule has 0 radical (unpaired) electrons. The van der Waals surface area contributed by atoms with Crippen molar-refractivity contribution in [2.75, 3.05) is 4.90 Å². The highest BCUT2D eigenvalue weighted by Crippen LogP contribution is 2.32. The van der Waals surface area contributed by atoms with Gasteiger partial charge in [-0.05, 0) is 43.0 Å². The molecule has 0 aliphatic carbocycles. The van der Waals surface area contributed by atoms with Crippen molar-refractivity contribution in [3.63, 3.8) is 0 Å². The van der Waals surface area contributed by atoms with Crippen molar-refractivity contribution in [1.29, 1.82) is 0 Å². The van der Waals surface area contributed by atoms with E-state index < -0.39 is 0 Å². The lowest BCUT2D eigenvalue weighted by molar-refractivity contribution is -0.120. The molecule has 0 spiro atoms. The number of hydrogen-bond acceptors (Lipinski definition) is 3. The average molecular weight is 336 g/mol. The van der Waals surface area contributed by atoms with E-state index in [0.717, 1.165) is 24.9 Å². The Bertz CT molecular complexity index is 988. The van der Waals surface area contributed by atoms with Crippen LogP contribution in [0.25, 0.3) is 5.65 Å². The van der Waals surface area contributed by atoms with E-state index in [-0.39, 0.29) is 24.2 Å². The van der Waals surface area contributed by atoms with Gasteiger partial charge in [-0.3, -0.25) is 9.20 Å². The Kier molecular flexibility index (Phi) is 3.87. The SMILES string of the molecule is CCC1CCc2ccccc2N1C(=O)Cn1nc2ccccn2c1=O. The summed E-state index contributed by atoms with van der Waals surface area (Å²) < 4.78 is 2.70. The molecule has 3 aromatic rings. The first-order valence-electron chi connectivity index (χ1n) is 8.63. The summed E-state index contributed by atoms with van der Waals surface area (Å²) in [4.78, 5) is 27.3. The summed E-state index contributed by atoms with van der Waals surface area (Å²) in [7, 11) is 0. The van der Waals surface area contributed by atoms with E-state index in [1.165, 1.54) is 14.6 Å². The highest BCUT2D eigenvalue weighted by atomic mass is 16.2. The van der Waals surface area contributed by atoms with Crippen LogP contribution in [0.5, 0.6) is 0 Å². The van der Waals surface area contributed by atoms with E-state index in [9.17, 15) is 9.59 Å². The number of carbonyl (C=O) groups is 1. The number of fused-ring (bicyclic) bond motifs is 2. The number of nitrogens with zero attached hydrogens (tertiary/aromatic N) is 4. The van der Waals surface area contributed by atoms with E-state index in [2.05, 4.69) is 18.1 Å². The van der Waals surface area contributed by atoms with Gasteiger partial charge in [-0.15, -0.1) is 5.10 Å². The minimum atomic E-state index is -0.290. The minimum absolute atomic E-state index is 0.0503. The highest BCUT2D eigenvalue weighted by molar-refractivity contribution is 5.95. The monoisotopic (exact) mass is 336 g/mol. The van der Waals surface area contributed by atoms with Gasteiger partial charge in [0.15, 0.2) is 5.65 Å². The number of anilines is 1. The summed E-state index contributed by atoms with van der Waals surface area (Å²) in [5, 5.41) is 4.27. The zero-order chi connectivity index (χ0) is 17.4. The van der Waals surface area contributed by atoms with E-state index in [0.29, 0.717) is 5.65 Å². The summed E-state index contributed by atoms with van der Waals surface area (Å²) >= 11 is 0. The predicted octanol–water partition coefficient (Wildman–Crippen LogP) is 2.25. The van der Waals surface area contributed by atoms with Crippen LogP contribution >= 0.6 is 0 Å². The third-order valence-corrected chi connectivity index (χ3v) is 4.88. The van der Waals surface area contributed by atoms with Gasteiger partial charge in [0.25, 0.3) is 0 Å². The summed E-state index contributed by atoms with van der Waals surface area (Å²) in [5.41, 5.74) is 2.40. The van der Waals surface area contributed by atoms with Crippen LogP contribution < -0.4 is 10.6 Å². The fourth-order valence-electron chi connectivity index (χ4n) is 3.61. The molecule has 1 unspecified atom stereocenters. The van der Waals surface area contributed by atoms with Crippen LogP contribution in [0.15, 0.2) is 53.5 Å². The van der Waals surface area contributed by atoms with Crippen LogP contribution in [-0.2, 0) is 17.8 Å². The number of aryl methyl sites for hydroxylation is 1. The molecule has 1 atom stereocenters. The second-order valence-electron chi connectivity index (χ2n) is 6.36. The third kappa shape index (κ3) is 2.63. The molecule has 128 valence electrons. The fraction of sp³-hybridized carbons (Fsp3) is 0.316. The van der Waals surface area contributed by atoms with E-state index >= 15 is 0 Å². The molecule has 3 heterocycles. The van der Waals surface area contributed by atoms with Gasteiger partial charge < -0.3 is 4.90 Å². The first kappa shape index (κ1) is 15.6. The van der Waals surface area contributed by atoms with Gasteiger partial charge >= 0.3 is 5.69 Å². The standard InChI is InChI=1S/C19H20N4O2/c1-2-15-11-10-14-7-3-4-8-16(14)23(15)18(24)13-22-19(25)21-12-6-5-9-17(21)20-22/h3-9,12,15H,2,10-11,13H2,1H3. The summed E-state index contributed by atoms with van der Waals surface area (Å²) in [6.45, 7) is 2.04. The normalized spacial score (nSPS) is 16.8. The number of rotatable bonds is 3. The van der Waals surface area contributed by atoms with Crippen molar-refractivity contribution in [1.82, 2.24) is 14.2 Å². The fourth-order valence-corrected chi connectivity index (χ4v) is 3.61. The van der Waals surface area contributed by atoms with Crippen LogP contribution in [-0.4, -0.2) is 26.1 Å². The van der Waals surface area contributed by atoms with Gasteiger partial charge in [-0.25, -0.2) is 9.48 Å². The summed E-state index contributed by atoms with van der Waals surface area (Å²) in [5.74, 6) is -0.0930. The Morgan fingerprint density at radius 2 is 2.00 bits per heavy atom. The van der Waals surface area contributed by atoms with Crippen LogP contribution in [0.4, 0.5) is 5.69 Å². The molecule has 0 bridgehead atoms. The molecule has 4 rings (SSSR count). The van der Waals surface area contributed by atoms with Crippen LogP contribution in [0.1, 0.15) is 25.3 Å². The molecule has 2 aromatic heterocycles. The lowest BCUT2D eigenvalue weighted by Crippen LogP contribution is -2.46. The Hall–Kier alpha value is -2.89. The van der Waals surface area contributed by atoms with Crippen molar-refractivity contribution < 1.29 is 4.79 Å². The van der Waals surface area contributed by atoms with Crippen molar-refractivity contribution >= 4 is 17.2 Å². The zero-order valence-corrected chi connectivity index (χ0v) is 14.1. The van der Waals surface area contributed by atoms with E-state index in [4.69, 9.17) is 0 Å². The van der Waals surface area contributed by atoms with Gasteiger partial charge in [-0.1, -0.05) is 31.2 Å². The van der Waals surface area contributed by atoms with E-state index in [1.807, 2.05) is 29.2 Å². The molecule has 25 heavy (non-hydrogen) atoms. The molecule has 1 aromatic carbocycles. The van der Waals surface area contributed by atoms with Crippen molar-refractivity contribution in [3.05, 3.63) is 64.7 Å². The third-order valence-electron chi connectivity index (χ3n) is 4.88. The largest absolute Gasteiger partial charge is 0.350 e. The number of para-hydroxylation sites is 1. The van der Waals surface area contributed by atoms with Gasteiger partial charge in [0.2, 0.25) is 5.91 Å². The molecule has 0 fully saturated rings. The summed E-state index contributed by atoms with van der Waals surface area (Å²) in [6, 6.07) is 13.5. The second-order valence-corrected chi connectivity index (χ2v) is 6.36. The van der Waals surface area contributed by atoms with Crippen molar-refractivity contribution in [2.24, 2.45) is 0 Å². The predicted molar refractivity (Wildman–Crippen MR) is 95.8 cm³/mol. The molecule has 1 amide bonds. The number of benzene rings is 1. The molecular weight excluding hydrogens is 316 g/mol. The number of pyridine rings is 1. The Labute approximate surface area is 145 Å². The lowest BCUT2D eigenvalue weighted by Gasteiger charge is -2.36. The van der Waals surface area contributed by atoms with Crippen molar-refractivity contribution in [2.45, 2.75) is 38.8 Å².